The second-order valence-electron chi connectivity index (χ2n) is 14.0. The van der Waals surface area contributed by atoms with Gasteiger partial charge in [0.1, 0.15) is 0 Å². The van der Waals surface area contributed by atoms with Crippen LogP contribution in [0.15, 0.2) is 188 Å². The van der Waals surface area contributed by atoms with E-state index in [0.29, 0.717) is 17.5 Å². The minimum absolute atomic E-state index is 0.646. The van der Waals surface area contributed by atoms with Crippen LogP contribution in [0.2, 0.25) is 0 Å². The van der Waals surface area contributed by atoms with Gasteiger partial charge in [0.05, 0.1) is 0 Å². The molecule has 0 amide bonds. The van der Waals surface area contributed by atoms with Crippen molar-refractivity contribution < 1.29 is 0 Å². The standard InChI is InChI=1S/C51H31N3S2/c1-3-10-32(11-4-1)36-14-9-15-39(28-36)50-52-49(53-51(54-50)40-23-26-42-41-16-7-8-17-45(41)55-48(42)31-40)35-20-18-34(19-21-35)38-22-25-43-44-29-37(33-12-5-2-6-13-33)24-27-46(44)56-47(43)30-38/h1-31H. The van der Waals surface area contributed by atoms with Gasteiger partial charge in [-0.25, -0.2) is 15.0 Å². The Morgan fingerprint density at radius 2 is 0.643 bits per heavy atom. The molecule has 3 aromatic heterocycles. The summed E-state index contributed by atoms with van der Waals surface area (Å²) >= 11 is 3.65. The lowest BCUT2D eigenvalue weighted by molar-refractivity contribution is 1.07. The maximum absolute atomic E-state index is 5.12. The highest BCUT2D eigenvalue weighted by Crippen LogP contribution is 2.40. The Morgan fingerprint density at radius 3 is 1.36 bits per heavy atom. The molecule has 0 atom stereocenters. The lowest BCUT2D eigenvalue weighted by atomic mass is 10.0. The summed E-state index contributed by atoms with van der Waals surface area (Å²) in [6.45, 7) is 0. The van der Waals surface area contributed by atoms with Gasteiger partial charge in [0.15, 0.2) is 17.5 Å². The van der Waals surface area contributed by atoms with Crippen molar-refractivity contribution in [3.05, 3.63) is 188 Å². The van der Waals surface area contributed by atoms with E-state index in [4.69, 9.17) is 15.0 Å². The zero-order chi connectivity index (χ0) is 37.0. The van der Waals surface area contributed by atoms with Crippen molar-refractivity contribution in [2.75, 3.05) is 0 Å². The third kappa shape index (κ3) is 5.86. The van der Waals surface area contributed by atoms with E-state index >= 15 is 0 Å². The molecule has 11 rings (SSSR count). The summed E-state index contributed by atoms with van der Waals surface area (Å²) in [7, 11) is 0. The van der Waals surface area contributed by atoms with Gasteiger partial charge in [-0.1, -0.05) is 152 Å². The number of rotatable bonds is 6. The molecule has 3 heterocycles. The van der Waals surface area contributed by atoms with E-state index < -0.39 is 0 Å². The Bertz CT molecular complexity index is 3240. The second-order valence-corrected chi connectivity index (χ2v) is 16.2. The first-order chi connectivity index (χ1) is 27.7. The monoisotopic (exact) mass is 749 g/mol. The van der Waals surface area contributed by atoms with Crippen LogP contribution >= 0.6 is 22.7 Å². The van der Waals surface area contributed by atoms with Crippen LogP contribution in [0.4, 0.5) is 0 Å². The minimum atomic E-state index is 0.646. The van der Waals surface area contributed by atoms with Gasteiger partial charge in [0.2, 0.25) is 0 Å². The molecule has 262 valence electrons. The summed E-state index contributed by atoms with van der Waals surface area (Å²) in [6.07, 6.45) is 0. The first-order valence-corrected chi connectivity index (χ1v) is 20.3. The third-order valence-electron chi connectivity index (χ3n) is 10.6. The number of nitrogens with zero attached hydrogens (tertiary/aromatic N) is 3. The molecule has 0 bridgehead atoms. The SMILES string of the molecule is c1ccc(-c2cccc(-c3nc(-c4ccc(-c5ccc6c(c5)sc5ccc(-c7ccccc7)cc56)cc4)nc(-c4ccc5c(c4)sc4ccccc45)n3)c2)cc1. The highest BCUT2D eigenvalue weighted by atomic mass is 32.1. The summed E-state index contributed by atoms with van der Waals surface area (Å²) in [5.41, 5.74) is 9.95. The number of benzene rings is 8. The van der Waals surface area contributed by atoms with Crippen molar-refractivity contribution >= 4 is 63.0 Å². The highest BCUT2D eigenvalue weighted by Gasteiger charge is 2.16. The maximum atomic E-state index is 5.12. The molecule has 0 N–H and O–H groups in total. The van der Waals surface area contributed by atoms with Crippen LogP contribution in [0.25, 0.3) is 108 Å². The third-order valence-corrected chi connectivity index (χ3v) is 12.8. The Morgan fingerprint density at radius 1 is 0.232 bits per heavy atom. The number of hydrogen-bond acceptors (Lipinski definition) is 5. The topological polar surface area (TPSA) is 38.7 Å². The van der Waals surface area contributed by atoms with Crippen molar-refractivity contribution in [2.24, 2.45) is 0 Å². The first-order valence-electron chi connectivity index (χ1n) is 18.7. The fraction of sp³-hybridized carbons (Fsp3) is 0. The van der Waals surface area contributed by atoms with E-state index in [1.807, 2.05) is 17.4 Å². The lowest BCUT2D eigenvalue weighted by Crippen LogP contribution is -2.00. The summed E-state index contributed by atoms with van der Waals surface area (Å²) in [5, 5.41) is 5.12. The van der Waals surface area contributed by atoms with Crippen molar-refractivity contribution in [3.63, 3.8) is 0 Å². The van der Waals surface area contributed by atoms with Crippen molar-refractivity contribution in [1.82, 2.24) is 15.0 Å². The Hall–Kier alpha value is -6.79. The van der Waals surface area contributed by atoms with E-state index in [0.717, 1.165) is 33.4 Å². The van der Waals surface area contributed by atoms with E-state index in [2.05, 4.69) is 182 Å². The molecule has 5 heteroatoms. The molecule has 11 aromatic rings. The highest BCUT2D eigenvalue weighted by molar-refractivity contribution is 7.26. The van der Waals surface area contributed by atoms with Crippen LogP contribution in [0.3, 0.4) is 0 Å². The lowest BCUT2D eigenvalue weighted by Gasteiger charge is -2.10. The van der Waals surface area contributed by atoms with Crippen LogP contribution in [0.5, 0.6) is 0 Å². The number of fused-ring (bicyclic) bond motifs is 6. The predicted molar refractivity (Wildman–Crippen MR) is 238 cm³/mol. The van der Waals surface area contributed by atoms with Gasteiger partial charge in [0.25, 0.3) is 0 Å². The largest absolute Gasteiger partial charge is 0.208 e. The van der Waals surface area contributed by atoms with Gasteiger partial charge >= 0.3 is 0 Å². The quantitative estimate of drug-likeness (QED) is 0.170. The molecule has 0 fully saturated rings. The number of thiophene rings is 2. The molecule has 56 heavy (non-hydrogen) atoms. The molecule has 0 aliphatic carbocycles. The molecule has 0 aliphatic rings. The van der Waals surface area contributed by atoms with Crippen LogP contribution < -0.4 is 0 Å². The summed E-state index contributed by atoms with van der Waals surface area (Å²) in [5.74, 6) is 1.95. The van der Waals surface area contributed by atoms with Crippen molar-refractivity contribution in [2.45, 2.75) is 0 Å². The maximum Gasteiger partial charge on any atom is 0.164 e. The van der Waals surface area contributed by atoms with Crippen LogP contribution in [-0.4, -0.2) is 15.0 Å². The fourth-order valence-corrected chi connectivity index (χ4v) is 9.95. The van der Waals surface area contributed by atoms with Gasteiger partial charge in [0, 0.05) is 57.0 Å². The van der Waals surface area contributed by atoms with Gasteiger partial charge in [-0.3, -0.25) is 0 Å². The molecule has 0 radical (unpaired) electrons. The molecule has 3 nitrogen and oxygen atoms in total. The smallest absolute Gasteiger partial charge is 0.164 e. The molecular formula is C51H31N3S2. The zero-order valence-electron chi connectivity index (χ0n) is 30.1. The number of aromatic nitrogens is 3. The summed E-state index contributed by atoms with van der Waals surface area (Å²) in [4.78, 5) is 15.3. The molecule has 0 unspecified atom stereocenters. The number of hydrogen-bond donors (Lipinski definition) is 0. The molecule has 0 aliphatic heterocycles. The van der Waals surface area contributed by atoms with Crippen LogP contribution in [0.1, 0.15) is 0 Å². The predicted octanol–water partition coefficient (Wildman–Crippen LogP) is 14.6. The van der Waals surface area contributed by atoms with Crippen LogP contribution in [0, 0.1) is 0 Å². The first kappa shape index (κ1) is 32.6. The Kier molecular flexibility index (Phi) is 7.87. The van der Waals surface area contributed by atoms with E-state index in [9.17, 15) is 0 Å². The Balaban J connectivity index is 0.982. The van der Waals surface area contributed by atoms with Gasteiger partial charge < -0.3 is 0 Å². The van der Waals surface area contributed by atoms with E-state index in [1.165, 1.54) is 57.0 Å². The van der Waals surface area contributed by atoms with Crippen molar-refractivity contribution in [3.8, 4) is 67.5 Å². The van der Waals surface area contributed by atoms with Crippen molar-refractivity contribution in [1.29, 1.82) is 0 Å². The molecule has 0 saturated carbocycles. The normalized spacial score (nSPS) is 11.6. The van der Waals surface area contributed by atoms with Gasteiger partial charge in [-0.2, -0.15) is 0 Å². The second kappa shape index (κ2) is 13.5. The summed E-state index contributed by atoms with van der Waals surface area (Å²) in [6, 6.07) is 66.9. The Labute approximate surface area is 331 Å². The van der Waals surface area contributed by atoms with Gasteiger partial charge in [-0.05, 0) is 69.8 Å². The molecule has 8 aromatic carbocycles. The fourth-order valence-electron chi connectivity index (χ4n) is 7.68. The summed E-state index contributed by atoms with van der Waals surface area (Å²) < 4.78 is 5.08. The molecule has 0 saturated heterocycles. The van der Waals surface area contributed by atoms with Crippen LogP contribution in [-0.2, 0) is 0 Å². The zero-order valence-corrected chi connectivity index (χ0v) is 31.7. The molecule has 0 spiro atoms. The van der Waals surface area contributed by atoms with E-state index in [-0.39, 0.29) is 0 Å². The van der Waals surface area contributed by atoms with Gasteiger partial charge in [-0.15, -0.1) is 22.7 Å². The average Bonchev–Trinajstić information content (AvgIpc) is 3.84. The van der Waals surface area contributed by atoms with E-state index in [1.54, 1.807) is 11.3 Å². The minimum Gasteiger partial charge on any atom is -0.208 e. The average molecular weight is 750 g/mol. The molecular weight excluding hydrogens is 719 g/mol.